The van der Waals surface area contributed by atoms with Crippen LogP contribution in [0.4, 0.5) is 4.39 Å². The van der Waals surface area contributed by atoms with Gasteiger partial charge in [-0.2, -0.15) is 0 Å². The van der Waals surface area contributed by atoms with Crippen LogP contribution in [0.2, 0.25) is 0 Å². The Morgan fingerprint density at radius 3 is 2.47 bits per heavy atom. The first kappa shape index (κ1) is 22.0. The Balaban J connectivity index is 1.78. The Kier molecular flexibility index (Phi) is 6.26. The van der Waals surface area contributed by atoms with Crippen molar-refractivity contribution in [2.24, 2.45) is 5.92 Å². The fraction of sp³-hybridized carbons (Fsp3) is 0.333. The standard InChI is InChI=1S/C27H28FNO3/c1-16(2)15-32-27(31)24-17(3)29-22-13-19(18-9-5-4-6-10-18)14-23(30)26(22)25(24)20-11-7-8-12-21(20)28/h4-12,16,19,25,29H,13-15H2,1-3H3/t19-,25+/m0/s1. The van der Waals surface area contributed by atoms with E-state index >= 15 is 0 Å². The molecule has 0 amide bonds. The lowest BCUT2D eigenvalue weighted by Gasteiger charge is -2.36. The minimum absolute atomic E-state index is 0.0402. The van der Waals surface area contributed by atoms with Gasteiger partial charge in [-0.25, -0.2) is 9.18 Å². The summed E-state index contributed by atoms with van der Waals surface area (Å²) in [4.78, 5) is 26.6. The molecule has 4 nitrogen and oxygen atoms in total. The Morgan fingerprint density at radius 2 is 1.78 bits per heavy atom. The molecule has 0 bridgehead atoms. The molecule has 32 heavy (non-hydrogen) atoms. The predicted molar refractivity (Wildman–Crippen MR) is 121 cm³/mol. The van der Waals surface area contributed by atoms with Gasteiger partial charge < -0.3 is 10.1 Å². The Bertz CT molecular complexity index is 1100. The molecule has 0 radical (unpaired) electrons. The second-order valence-electron chi connectivity index (χ2n) is 8.94. The first-order valence-electron chi connectivity index (χ1n) is 11.1. The van der Waals surface area contributed by atoms with Gasteiger partial charge in [0.15, 0.2) is 5.78 Å². The van der Waals surface area contributed by atoms with Gasteiger partial charge in [-0.05, 0) is 36.8 Å². The third-order valence-corrected chi connectivity index (χ3v) is 6.08. The highest BCUT2D eigenvalue weighted by atomic mass is 19.1. The average Bonchev–Trinajstić information content (AvgIpc) is 2.77. The fourth-order valence-corrected chi connectivity index (χ4v) is 4.61. The Hall–Kier alpha value is -3.21. The molecule has 0 saturated heterocycles. The minimum Gasteiger partial charge on any atom is -0.462 e. The van der Waals surface area contributed by atoms with Crippen molar-refractivity contribution in [1.82, 2.24) is 5.32 Å². The highest BCUT2D eigenvalue weighted by Gasteiger charge is 2.42. The van der Waals surface area contributed by atoms with E-state index in [-0.39, 0.29) is 24.2 Å². The van der Waals surface area contributed by atoms with E-state index in [1.54, 1.807) is 25.1 Å². The van der Waals surface area contributed by atoms with Gasteiger partial charge in [0.2, 0.25) is 0 Å². The van der Waals surface area contributed by atoms with Crippen molar-refractivity contribution in [2.75, 3.05) is 6.61 Å². The normalized spacial score (nSPS) is 20.8. The van der Waals surface area contributed by atoms with Crippen molar-refractivity contribution < 1.29 is 18.7 Å². The molecule has 1 aliphatic carbocycles. The number of hydrogen-bond donors (Lipinski definition) is 1. The van der Waals surface area contributed by atoms with Gasteiger partial charge in [0, 0.05) is 29.0 Å². The number of hydrogen-bond acceptors (Lipinski definition) is 4. The van der Waals surface area contributed by atoms with E-state index in [1.807, 2.05) is 44.2 Å². The first-order valence-corrected chi connectivity index (χ1v) is 11.1. The Morgan fingerprint density at radius 1 is 1.09 bits per heavy atom. The fourth-order valence-electron chi connectivity index (χ4n) is 4.61. The lowest BCUT2D eigenvalue weighted by Crippen LogP contribution is -2.36. The summed E-state index contributed by atoms with van der Waals surface area (Å²) in [5, 5.41) is 3.30. The maximum atomic E-state index is 15.0. The molecule has 2 aromatic rings. The summed E-state index contributed by atoms with van der Waals surface area (Å²) >= 11 is 0. The number of rotatable bonds is 5. The number of carbonyl (C=O) groups is 2. The van der Waals surface area contributed by atoms with E-state index < -0.39 is 17.7 Å². The van der Waals surface area contributed by atoms with Gasteiger partial charge >= 0.3 is 5.97 Å². The monoisotopic (exact) mass is 433 g/mol. The summed E-state index contributed by atoms with van der Waals surface area (Å²) in [6, 6.07) is 16.3. The lowest BCUT2D eigenvalue weighted by atomic mass is 9.71. The number of nitrogens with one attached hydrogen (secondary N) is 1. The number of ketones is 1. The van der Waals surface area contributed by atoms with Crippen molar-refractivity contribution in [3.8, 4) is 0 Å². The van der Waals surface area contributed by atoms with Gasteiger partial charge in [0.05, 0.1) is 18.1 Å². The van der Waals surface area contributed by atoms with Crippen LogP contribution in [0.25, 0.3) is 0 Å². The van der Waals surface area contributed by atoms with E-state index in [1.165, 1.54) is 6.07 Å². The zero-order valence-corrected chi connectivity index (χ0v) is 18.7. The lowest BCUT2D eigenvalue weighted by molar-refractivity contribution is -0.140. The van der Waals surface area contributed by atoms with Crippen LogP contribution in [0.1, 0.15) is 56.6 Å². The maximum Gasteiger partial charge on any atom is 0.336 e. The van der Waals surface area contributed by atoms with E-state index in [0.717, 1.165) is 11.3 Å². The van der Waals surface area contributed by atoms with E-state index in [4.69, 9.17) is 4.74 Å². The van der Waals surface area contributed by atoms with Crippen LogP contribution in [-0.2, 0) is 14.3 Å². The summed E-state index contributed by atoms with van der Waals surface area (Å²) in [6.45, 7) is 5.96. The molecule has 1 aliphatic heterocycles. The van der Waals surface area contributed by atoms with Crippen LogP contribution in [0.15, 0.2) is 77.1 Å². The smallest absolute Gasteiger partial charge is 0.336 e. The number of esters is 1. The second-order valence-corrected chi connectivity index (χ2v) is 8.94. The number of allylic oxidation sites excluding steroid dienone is 3. The quantitative estimate of drug-likeness (QED) is 0.643. The van der Waals surface area contributed by atoms with Gasteiger partial charge in [-0.3, -0.25) is 4.79 Å². The van der Waals surface area contributed by atoms with Crippen molar-refractivity contribution >= 4 is 11.8 Å². The molecule has 5 heteroatoms. The van der Waals surface area contributed by atoms with Crippen LogP contribution in [-0.4, -0.2) is 18.4 Å². The highest BCUT2D eigenvalue weighted by Crippen LogP contribution is 2.46. The highest BCUT2D eigenvalue weighted by molar-refractivity contribution is 6.04. The molecule has 0 saturated carbocycles. The second kappa shape index (κ2) is 9.11. The number of halogens is 1. The molecule has 166 valence electrons. The van der Waals surface area contributed by atoms with Crippen LogP contribution >= 0.6 is 0 Å². The van der Waals surface area contributed by atoms with Gasteiger partial charge in [-0.15, -0.1) is 0 Å². The zero-order valence-electron chi connectivity index (χ0n) is 18.7. The van der Waals surface area contributed by atoms with Gasteiger partial charge in [0.25, 0.3) is 0 Å². The molecule has 0 unspecified atom stereocenters. The number of Topliss-reactive ketones (excluding diaryl/α,β-unsaturated/α-hetero) is 1. The van der Waals surface area contributed by atoms with Crippen molar-refractivity contribution in [3.63, 3.8) is 0 Å². The van der Waals surface area contributed by atoms with Gasteiger partial charge in [0.1, 0.15) is 5.82 Å². The van der Waals surface area contributed by atoms with Crippen LogP contribution in [0.3, 0.4) is 0 Å². The van der Waals surface area contributed by atoms with E-state index in [0.29, 0.717) is 35.2 Å². The van der Waals surface area contributed by atoms with Crippen molar-refractivity contribution in [3.05, 3.63) is 94.1 Å². The molecule has 1 N–H and O–H groups in total. The molecule has 0 spiro atoms. The molecule has 2 aliphatic rings. The molecule has 0 fully saturated rings. The molecule has 2 atom stereocenters. The van der Waals surface area contributed by atoms with Crippen LogP contribution < -0.4 is 5.32 Å². The van der Waals surface area contributed by atoms with Crippen molar-refractivity contribution in [2.45, 2.75) is 45.4 Å². The predicted octanol–water partition coefficient (Wildman–Crippen LogP) is 5.39. The number of ether oxygens (including phenoxy) is 1. The van der Waals surface area contributed by atoms with E-state index in [9.17, 15) is 14.0 Å². The summed E-state index contributed by atoms with van der Waals surface area (Å²) < 4.78 is 20.5. The zero-order chi connectivity index (χ0) is 22.8. The molecular formula is C27H28FNO3. The maximum absolute atomic E-state index is 15.0. The molecule has 0 aromatic heterocycles. The number of carbonyl (C=O) groups excluding carboxylic acids is 2. The average molecular weight is 434 g/mol. The molecular weight excluding hydrogens is 405 g/mol. The SMILES string of the molecule is CC1=C(C(=O)OCC(C)C)[C@@H](c2ccccc2F)C2=C(C[C@H](c3ccccc3)CC2=O)N1. The summed E-state index contributed by atoms with van der Waals surface area (Å²) in [5.41, 5.74) is 3.57. The first-order chi connectivity index (χ1) is 15.4. The largest absolute Gasteiger partial charge is 0.462 e. The topological polar surface area (TPSA) is 55.4 Å². The van der Waals surface area contributed by atoms with Crippen LogP contribution in [0.5, 0.6) is 0 Å². The molecule has 2 aromatic carbocycles. The van der Waals surface area contributed by atoms with Crippen LogP contribution in [0, 0.1) is 11.7 Å². The summed E-state index contributed by atoms with van der Waals surface area (Å²) in [6.07, 6.45) is 0.949. The third kappa shape index (κ3) is 4.24. The number of benzene rings is 2. The third-order valence-electron chi connectivity index (χ3n) is 6.08. The molecule has 1 heterocycles. The van der Waals surface area contributed by atoms with Crippen molar-refractivity contribution in [1.29, 1.82) is 0 Å². The number of dihydropyridines is 1. The molecule has 4 rings (SSSR count). The van der Waals surface area contributed by atoms with E-state index in [2.05, 4.69) is 5.32 Å². The summed E-state index contributed by atoms with van der Waals surface area (Å²) in [5.74, 6) is -1.59. The van der Waals surface area contributed by atoms with Gasteiger partial charge in [-0.1, -0.05) is 62.4 Å². The summed E-state index contributed by atoms with van der Waals surface area (Å²) in [7, 11) is 0. The minimum atomic E-state index is -0.781. The Labute approximate surface area is 188 Å².